The molecule has 1 saturated heterocycles. The molecule has 0 aliphatic carbocycles. The Labute approximate surface area is 139 Å². The zero-order valence-corrected chi connectivity index (χ0v) is 14.4. The lowest BCUT2D eigenvalue weighted by Gasteiger charge is -2.28. The van der Waals surface area contributed by atoms with E-state index in [-0.39, 0.29) is 24.3 Å². The van der Waals surface area contributed by atoms with E-state index in [4.69, 9.17) is 5.11 Å². The first-order valence-electron chi connectivity index (χ1n) is 7.78. The van der Waals surface area contributed by atoms with Gasteiger partial charge in [-0.25, -0.2) is 0 Å². The summed E-state index contributed by atoms with van der Waals surface area (Å²) in [6, 6.07) is 7.80. The topological polar surface area (TPSA) is 57.6 Å². The molecule has 1 aliphatic heterocycles. The van der Waals surface area contributed by atoms with Crippen LogP contribution < -0.4 is 0 Å². The third-order valence-corrected chi connectivity index (χ3v) is 5.11. The fraction of sp³-hybridized carbons (Fsp3) is 0.529. The van der Waals surface area contributed by atoms with Gasteiger partial charge in [-0.15, -0.1) is 0 Å². The monoisotopic (exact) mass is 367 g/mol. The summed E-state index contributed by atoms with van der Waals surface area (Å²) in [5.41, 5.74) is 1.12. The Morgan fingerprint density at radius 1 is 1.41 bits per heavy atom. The lowest BCUT2D eigenvalue weighted by Crippen LogP contribution is -2.41. The lowest BCUT2D eigenvalue weighted by molar-refractivity contribution is -0.141. The third-order valence-electron chi connectivity index (χ3n) is 4.34. The first kappa shape index (κ1) is 17.0. The van der Waals surface area contributed by atoms with Gasteiger partial charge >= 0.3 is 5.97 Å². The lowest BCUT2D eigenvalue weighted by atomic mass is 9.95. The number of carbonyl (C=O) groups is 2. The second-order valence-corrected chi connectivity index (χ2v) is 6.68. The number of halogens is 1. The van der Waals surface area contributed by atoms with Gasteiger partial charge in [0, 0.05) is 23.0 Å². The average Bonchev–Trinajstić information content (AvgIpc) is 2.93. The minimum absolute atomic E-state index is 0.0528. The van der Waals surface area contributed by atoms with E-state index >= 15 is 0 Å². The van der Waals surface area contributed by atoms with Crippen LogP contribution in [0.2, 0.25) is 0 Å². The molecule has 1 amide bonds. The molecule has 0 saturated carbocycles. The summed E-state index contributed by atoms with van der Waals surface area (Å²) >= 11 is 3.53. The number of rotatable bonds is 6. The summed E-state index contributed by atoms with van der Waals surface area (Å²) < 4.78 is 1.02. The molecule has 0 bridgehead atoms. The Hall–Kier alpha value is -1.36. The fourth-order valence-electron chi connectivity index (χ4n) is 3.11. The van der Waals surface area contributed by atoms with Crippen LogP contribution >= 0.6 is 15.9 Å². The van der Waals surface area contributed by atoms with Gasteiger partial charge in [0.05, 0.1) is 6.42 Å². The van der Waals surface area contributed by atoms with Crippen molar-refractivity contribution in [2.45, 2.75) is 45.1 Å². The van der Waals surface area contributed by atoms with E-state index in [0.717, 1.165) is 29.3 Å². The fourth-order valence-corrected chi connectivity index (χ4v) is 3.56. The Kier molecular flexibility index (Phi) is 6.00. The molecule has 1 aromatic carbocycles. The Balaban J connectivity index is 2.08. The molecule has 1 aromatic rings. The SMILES string of the molecule is CCC(Cc1ccccc1Br)C(=O)N1CCCC1CC(=O)O. The van der Waals surface area contributed by atoms with Gasteiger partial charge < -0.3 is 10.0 Å². The molecule has 0 aromatic heterocycles. The van der Waals surface area contributed by atoms with Crippen LogP contribution in [-0.4, -0.2) is 34.5 Å². The number of hydrogen-bond acceptors (Lipinski definition) is 2. The first-order chi connectivity index (χ1) is 10.5. The number of hydrogen-bond donors (Lipinski definition) is 1. The molecule has 1 heterocycles. The third kappa shape index (κ3) is 4.09. The molecule has 1 N–H and O–H groups in total. The van der Waals surface area contributed by atoms with E-state index in [1.165, 1.54) is 0 Å². The van der Waals surface area contributed by atoms with Gasteiger partial charge in [0.1, 0.15) is 0 Å². The van der Waals surface area contributed by atoms with E-state index < -0.39 is 5.97 Å². The van der Waals surface area contributed by atoms with Crippen LogP contribution in [0.3, 0.4) is 0 Å². The molecular weight excluding hydrogens is 346 g/mol. The maximum atomic E-state index is 12.8. The molecule has 120 valence electrons. The van der Waals surface area contributed by atoms with Gasteiger partial charge in [-0.1, -0.05) is 41.1 Å². The van der Waals surface area contributed by atoms with Crippen molar-refractivity contribution in [1.29, 1.82) is 0 Å². The number of amides is 1. The van der Waals surface area contributed by atoms with Gasteiger partial charge in [0.15, 0.2) is 0 Å². The van der Waals surface area contributed by atoms with Crippen molar-refractivity contribution in [3.05, 3.63) is 34.3 Å². The minimum atomic E-state index is -0.830. The van der Waals surface area contributed by atoms with Crippen LogP contribution in [0.25, 0.3) is 0 Å². The van der Waals surface area contributed by atoms with Crippen LogP contribution in [0.5, 0.6) is 0 Å². The highest BCUT2D eigenvalue weighted by atomic mass is 79.9. The highest BCUT2D eigenvalue weighted by Gasteiger charge is 2.33. The number of benzene rings is 1. The molecule has 4 nitrogen and oxygen atoms in total. The van der Waals surface area contributed by atoms with Crippen molar-refractivity contribution in [3.63, 3.8) is 0 Å². The molecule has 2 unspecified atom stereocenters. The maximum Gasteiger partial charge on any atom is 0.305 e. The van der Waals surface area contributed by atoms with Crippen molar-refractivity contribution < 1.29 is 14.7 Å². The van der Waals surface area contributed by atoms with Crippen molar-refractivity contribution in [2.24, 2.45) is 5.92 Å². The molecule has 22 heavy (non-hydrogen) atoms. The summed E-state index contributed by atoms with van der Waals surface area (Å²) in [4.78, 5) is 25.5. The van der Waals surface area contributed by atoms with E-state index in [2.05, 4.69) is 15.9 Å². The van der Waals surface area contributed by atoms with Gasteiger partial charge in [0.25, 0.3) is 0 Å². The molecule has 5 heteroatoms. The molecular formula is C17H22BrNO3. The molecule has 1 fully saturated rings. The molecule has 2 rings (SSSR count). The highest BCUT2D eigenvalue weighted by Crippen LogP contribution is 2.27. The first-order valence-corrected chi connectivity index (χ1v) is 8.58. The quantitative estimate of drug-likeness (QED) is 0.836. The molecule has 0 spiro atoms. The maximum absolute atomic E-state index is 12.8. The van der Waals surface area contributed by atoms with E-state index in [9.17, 15) is 9.59 Å². The van der Waals surface area contributed by atoms with Crippen LogP contribution in [-0.2, 0) is 16.0 Å². The largest absolute Gasteiger partial charge is 0.481 e. The smallest absolute Gasteiger partial charge is 0.305 e. The Morgan fingerprint density at radius 2 is 2.14 bits per heavy atom. The summed E-state index contributed by atoms with van der Waals surface area (Å²) in [5.74, 6) is -0.821. The number of carboxylic acid groups (broad SMARTS) is 1. The van der Waals surface area contributed by atoms with Crippen LogP contribution in [0.15, 0.2) is 28.7 Å². The average molecular weight is 368 g/mol. The minimum Gasteiger partial charge on any atom is -0.481 e. The standard InChI is InChI=1S/C17H22BrNO3/c1-2-12(10-13-6-3-4-8-15(13)18)17(22)19-9-5-7-14(19)11-16(20)21/h3-4,6,8,12,14H,2,5,7,9-11H2,1H3,(H,20,21). The molecule has 2 atom stereocenters. The molecule has 0 radical (unpaired) electrons. The van der Waals surface area contributed by atoms with Gasteiger partial charge in [-0.2, -0.15) is 0 Å². The zero-order valence-electron chi connectivity index (χ0n) is 12.8. The molecule has 1 aliphatic rings. The predicted molar refractivity (Wildman–Crippen MR) is 88.6 cm³/mol. The predicted octanol–water partition coefficient (Wildman–Crippen LogP) is 3.48. The number of carbonyl (C=O) groups excluding carboxylic acids is 1. The van der Waals surface area contributed by atoms with Crippen molar-refractivity contribution in [3.8, 4) is 0 Å². The van der Waals surface area contributed by atoms with Crippen LogP contribution in [0, 0.1) is 5.92 Å². The van der Waals surface area contributed by atoms with E-state index in [0.29, 0.717) is 13.0 Å². The van der Waals surface area contributed by atoms with Gasteiger partial charge in [-0.3, -0.25) is 9.59 Å². The number of nitrogens with zero attached hydrogens (tertiary/aromatic N) is 1. The summed E-state index contributed by atoms with van der Waals surface area (Å²) in [5, 5.41) is 9.00. The van der Waals surface area contributed by atoms with Gasteiger partial charge in [0.2, 0.25) is 5.91 Å². The Bertz CT molecular complexity index is 546. The zero-order chi connectivity index (χ0) is 16.1. The van der Waals surface area contributed by atoms with Crippen LogP contribution in [0.4, 0.5) is 0 Å². The van der Waals surface area contributed by atoms with Crippen molar-refractivity contribution in [2.75, 3.05) is 6.54 Å². The Morgan fingerprint density at radius 3 is 2.77 bits per heavy atom. The van der Waals surface area contributed by atoms with Crippen LogP contribution in [0.1, 0.15) is 38.2 Å². The van der Waals surface area contributed by atoms with E-state index in [1.54, 1.807) is 4.90 Å². The second kappa shape index (κ2) is 7.77. The number of likely N-dealkylation sites (tertiary alicyclic amines) is 1. The van der Waals surface area contributed by atoms with Gasteiger partial charge in [-0.05, 0) is 37.3 Å². The number of carboxylic acids is 1. The second-order valence-electron chi connectivity index (χ2n) is 5.83. The summed E-state index contributed by atoms with van der Waals surface area (Å²) in [6.45, 7) is 2.70. The summed E-state index contributed by atoms with van der Waals surface area (Å²) in [6.07, 6.45) is 3.19. The highest BCUT2D eigenvalue weighted by molar-refractivity contribution is 9.10. The summed E-state index contributed by atoms with van der Waals surface area (Å²) in [7, 11) is 0. The van der Waals surface area contributed by atoms with E-state index in [1.807, 2.05) is 31.2 Å². The normalized spacial score (nSPS) is 19.2. The number of aliphatic carboxylic acids is 1. The van der Waals surface area contributed by atoms with Crippen molar-refractivity contribution in [1.82, 2.24) is 4.90 Å². The van der Waals surface area contributed by atoms with Crippen molar-refractivity contribution >= 4 is 27.8 Å².